The Morgan fingerprint density at radius 3 is 2.41 bits per heavy atom. The van der Waals surface area contributed by atoms with E-state index in [1.807, 2.05) is 12.1 Å². The molecule has 0 unspecified atom stereocenters. The van der Waals surface area contributed by atoms with E-state index in [4.69, 9.17) is 9.47 Å². The summed E-state index contributed by atoms with van der Waals surface area (Å²) in [5.41, 5.74) is 1.31. The lowest BCUT2D eigenvalue weighted by Gasteiger charge is -2.19. The van der Waals surface area contributed by atoms with Gasteiger partial charge in [-0.1, -0.05) is 31.4 Å². The minimum Gasteiger partial charge on any atom is -0.497 e. The van der Waals surface area contributed by atoms with E-state index in [1.54, 1.807) is 7.11 Å². The van der Waals surface area contributed by atoms with E-state index in [-0.39, 0.29) is 0 Å². The van der Waals surface area contributed by atoms with E-state index in [9.17, 15) is 0 Å². The van der Waals surface area contributed by atoms with Crippen molar-refractivity contribution in [2.75, 3.05) is 7.11 Å². The van der Waals surface area contributed by atoms with Crippen LogP contribution in [0.3, 0.4) is 0 Å². The second-order valence-corrected chi connectivity index (χ2v) is 5.19. The molecular formula is C15H20O2. The molecule has 2 fully saturated rings. The Hall–Kier alpha value is -1.02. The number of epoxide rings is 1. The third kappa shape index (κ3) is 2.32. The SMILES string of the molecule is COc1ccc([C@@H]2O[C@@H]2C2CCCCC2)cc1. The van der Waals surface area contributed by atoms with Crippen LogP contribution in [0.1, 0.15) is 43.8 Å². The van der Waals surface area contributed by atoms with Crippen molar-refractivity contribution in [2.24, 2.45) is 5.92 Å². The number of methoxy groups -OCH3 is 1. The highest BCUT2D eigenvalue weighted by Crippen LogP contribution is 2.47. The zero-order chi connectivity index (χ0) is 11.7. The van der Waals surface area contributed by atoms with Gasteiger partial charge in [-0.3, -0.25) is 0 Å². The number of benzene rings is 1. The highest BCUT2D eigenvalue weighted by atomic mass is 16.6. The molecule has 0 N–H and O–H groups in total. The molecule has 17 heavy (non-hydrogen) atoms. The smallest absolute Gasteiger partial charge is 0.118 e. The number of ether oxygens (including phenoxy) is 2. The molecule has 0 radical (unpaired) electrons. The van der Waals surface area contributed by atoms with E-state index < -0.39 is 0 Å². The average Bonchev–Trinajstić information content (AvgIpc) is 3.20. The van der Waals surface area contributed by atoms with Gasteiger partial charge in [0.05, 0.1) is 13.2 Å². The summed E-state index contributed by atoms with van der Waals surface area (Å²) in [4.78, 5) is 0. The fourth-order valence-corrected chi connectivity index (χ4v) is 3.01. The minimum absolute atomic E-state index is 0.351. The highest BCUT2D eigenvalue weighted by Gasteiger charge is 2.45. The van der Waals surface area contributed by atoms with E-state index in [1.165, 1.54) is 37.7 Å². The predicted molar refractivity (Wildman–Crippen MR) is 67.2 cm³/mol. The van der Waals surface area contributed by atoms with Crippen molar-refractivity contribution in [3.05, 3.63) is 29.8 Å². The largest absolute Gasteiger partial charge is 0.497 e. The number of rotatable bonds is 3. The van der Waals surface area contributed by atoms with Gasteiger partial charge in [-0.05, 0) is 36.5 Å². The molecule has 1 saturated heterocycles. The summed E-state index contributed by atoms with van der Waals surface area (Å²) in [6, 6.07) is 8.31. The van der Waals surface area contributed by atoms with Gasteiger partial charge >= 0.3 is 0 Å². The van der Waals surface area contributed by atoms with Gasteiger partial charge in [-0.25, -0.2) is 0 Å². The predicted octanol–water partition coefficient (Wildman–Crippen LogP) is 3.72. The van der Waals surface area contributed by atoms with Crippen molar-refractivity contribution in [3.63, 3.8) is 0 Å². The van der Waals surface area contributed by atoms with Crippen molar-refractivity contribution in [1.29, 1.82) is 0 Å². The quantitative estimate of drug-likeness (QED) is 0.741. The van der Waals surface area contributed by atoms with Crippen molar-refractivity contribution in [3.8, 4) is 5.75 Å². The molecule has 0 bridgehead atoms. The van der Waals surface area contributed by atoms with Gasteiger partial charge in [-0.15, -0.1) is 0 Å². The summed E-state index contributed by atoms with van der Waals surface area (Å²) in [5, 5.41) is 0. The fourth-order valence-electron chi connectivity index (χ4n) is 3.01. The van der Waals surface area contributed by atoms with Crippen LogP contribution in [-0.2, 0) is 4.74 Å². The first kappa shape index (κ1) is 11.1. The first-order chi connectivity index (χ1) is 8.38. The highest BCUT2D eigenvalue weighted by molar-refractivity contribution is 5.31. The molecule has 1 aliphatic carbocycles. The summed E-state index contributed by atoms with van der Waals surface area (Å²) in [6.07, 6.45) is 7.75. The van der Waals surface area contributed by atoms with Crippen LogP contribution >= 0.6 is 0 Å². The maximum Gasteiger partial charge on any atom is 0.118 e. The van der Waals surface area contributed by atoms with Crippen molar-refractivity contribution >= 4 is 0 Å². The van der Waals surface area contributed by atoms with E-state index >= 15 is 0 Å². The summed E-state index contributed by atoms with van der Waals surface area (Å²) >= 11 is 0. The van der Waals surface area contributed by atoms with Crippen LogP contribution in [0.4, 0.5) is 0 Å². The lowest BCUT2D eigenvalue weighted by atomic mass is 9.85. The number of hydrogen-bond acceptors (Lipinski definition) is 2. The van der Waals surface area contributed by atoms with Gasteiger partial charge in [-0.2, -0.15) is 0 Å². The van der Waals surface area contributed by atoms with Crippen LogP contribution < -0.4 is 4.74 Å². The maximum absolute atomic E-state index is 5.88. The van der Waals surface area contributed by atoms with Crippen molar-refractivity contribution in [2.45, 2.75) is 44.3 Å². The second-order valence-electron chi connectivity index (χ2n) is 5.19. The van der Waals surface area contributed by atoms with Crippen molar-refractivity contribution in [1.82, 2.24) is 0 Å². The van der Waals surface area contributed by atoms with Gasteiger partial charge < -0.3 is 9.47 Å². The topological polar surface area (TPSA) is 21.8 Å². The van der Waals surface area contributed by atoms with Crippen LogP contribution in [0, 0.1) is 5.92 Å². The van der Waals surface area contributed by atoms with E-state index in [2.05, 4.69) is 12.1 Å². The van der Waals surface area contributed by atoms with Crippen LogP contribution in [0.2, 0.25) is 0 Å². The van der Waals surface area contributed by atoms with Gasteiger partial charge in [0.2, 0.25) is 0 Å². The fraction of sp³-hybridized carbons (Fsp3) is 0.600. The molecule has 1 aromatic carbocycles. The van der Waals surface area contributed by atoms with E-state index in [0.717, 1.165) is 11.7 Å². The minimum atomic E-state index is 0.351. The summed E-state index contributed by atoms with van der Waals surface area (Å²) in [6.45, 7) is 0. The molecular weight excluding hydrogens is 212 g/mol. The molecule has 1 aromatic rings. The molecule has 2 aliphatic rings. The standard InChI is InChI=1S/C15H20O2/c1-16-13-9-7-12(8-10-13)15-14(17-15)11-5-3-2-4-6-11/h7-11,14-15H,2-6H2,1H3/t14-,15+/m1/s1. The molecule has 2 atom stereocenters. The Kier molecular flexibility index (Phi) is 3.06. The number of hydrogen-bond donors (Lipinski definition) is 0. The normalized spacial score (nSPS) is 29.0. The molecule has 2 heteroatoms. The van der Waals surface area contributed by atoms with Gasteiger partial charge in [0.1, 0.15) is 11.9 Å². The Labute approximate surface area is 103 Å². The molecule has 0 aromatic heterocycles. The first-order valence-electron chi connectivity index (χ1n) is 6.68. The lowest BCUT2D eigenvalue weighted by Crippen LogP contribution is -2.12. The summed E-state index contributed by atoms with van der Waals surface area (Å²) < 4.78 is 11.0. The van der Waals surface area contributed by atoms with Crippen LogP contribution in [0.25, 0.3) is 0 Å². The second kappa shape index (κ2) is 4.69. The first-order valence-corrected chi connectivity index (χ1v) is 6.68. The maximum atomic E-state index is 5.88. The van der Waals surface area contributed by atoms with Gasteiger partial charge in [0.25, 0.3) is 0 Å². The molecule has 3 rings (SSSR count). The Morgan fingerprint density at radius 1 is 1.06 bits per heavy atom. The lowest BCUT2D eigenvalue weighted by molar-refractivity contribution is 0.262. The Bertz CT molecular complexity index is 365. The molecule has 1 saturated carbocycles. The molecule has 92 valence electrons. The van der Waals surface area contributed by atoms with Crippen LogP contribution in [0.15, 0.2) is 24.3 Å². The Morgan fingerprint density at radius 2 is 1.76 bits per heavy atom. The molecule has 1 heterocycles. The average molecular weight is 232 g/mol. The third-order valence-electron chi connectivity index (χ3n) is 4.08. The van der Waals surface area contributed by atoms with Crippen molar-refractivity contribution < 1.29 is 9.47 Å². The molecule has 0 amide bonds. The summed E-state index contributed by atoms with van der Waals surface area (Å²) in [5.74, 6) is 1.72. The molecule has 0 spiro atoms. The zero-order valence-corrected chi connectivity index (χ0v) is 10.4. The molecule has 1 aliphatic heterocycles. The molecule has 2 nitrogen and oxygen atoms in total. The third-order valence-corrected chi connectivity index (χ3v) is 4.08. The van der Waals surface area contributed by atoms with E-state index in [0.29, 0.717) is 12.2 Å². The Balaban J connectivity index is 1.62. The van der Waals surface area contributed by atoms with Crippen LogP contribution in [0.5, 0.6) is 5.75 Å². The van der Waals surface area contributed by atoms with Gasteiger partial charge in [0.15, 0.2) is 0 Å². The van der Waals surface area contributed by atoms with Crippen LogP contribution in [-0.4, -0.2) is 13.2 Å². The van der Waals surface area contributed by atoms with Gasteiger partial charge in [0, 0.05) is 0 Å². The summed E-state index contributed by atoms with van der Waals surface area (Å²) in [7, 11) is 1.70. The zero-order valence-electron chi connectivity index (χ0n) is 10.4. The monoisotopic (exact) mass is 232 g/mol.